The van der Waals surface area contributed by atoms with Crippen molar-refractivity contribution >= 4 is 10.8 Å². The van der Waals surface area contributed by atoms with Crippen LogP contribution < -0.4 is 0 Å². The molecule has 4 rings (SSSR count). The van der Waals surface area contributed by atoms with Gasteiger partial charge < -0.3 is 0 Å². The predicted molar refractivity (Wildman–Crippen MR) is 176 cm³/mol. The lowest BCUT2D eigenvalue weighted by molar-refractivity contribution is 0.249. The van der Waals surface area contributed by atoms with Crippen molar-refractivity contribution in [2.75, 3.05) is 0 Å². The van der Waals surface area contributed by atoms with Crippen molar-refractivity contribution in [3.05, 3.63) is 82.7 Å². The lowest BCUT2D eigenvalue weighted by Crippen LogP contribution is -2.15. The van der Waals surface area contributed by atoms with Gasteiger partial charge in [-0.3, -0.25) is 0 Å². The molecule has 1 aliphatic rings. The zero-order chi connectivity index (χ0) is 28.7. The van der Waals surface area contributed by atoms with Gasteiger partial charge in [0.25, 0.3) is 0 Å². The van der Waals surface area contributed by atoms with Gasteiger partial charge in [0.05, 0.1) is 5.56 Å². The highest BCUT2D eigenvalue weighted by Crippen LogP contribution is 2.34. The number of rotatable bonds is 15. The number of unbranched alkanes of at least 4 members (excludes halogenated alkanes) is 8. The molecule has 1 fully saturated rings. The van der Waals surface area contributed by atoms with Crippen LogP contribution in [-0.2, 0) is 12.8 Å². The van der Waals surface area contributed by atoms with E-state index >= 15 is 4.39 Å². The smallest absolute Gasteiger partial charge is 0.146 e. The first-order chi connectivity index (χ1) is 20.2. The van der Waals surface area contributed by atoms with Crippen LogP contribution in [0.2, 0.25) is 0 Å². The second-order valence-electron chi connectivity index (χ2n) is 12.7. The Morgan fingerprint density at radius 1 is 0.610 bits per heavy atom. The Balaban J connectivity index is 1.25. The van der Waals surface area contributed by atoms with Gasteiger partial charge >= 0.3 is 0 Å². The molecule has 0 unspecified atom stereocenters. The van der Waals surface area contributed by atoms with Gasteiger partial charge in [0, 0.05) is 10.9 Å². The van der Waals surface area contributed by atoms with Crippen molar-refractivity contribution in [2.24, 2.45) is 11.8 Å². The Bertz CT molecular complexity index is 1230. The van der Waals surface area contributed by atoms with Gasteiger partial charge in [-0.05, 0) is 72.2 Å². The molecule has 0 radical (unpaired) electrons. The summed E-state index contributed by atoms with van der Waals surface area (Å²) in [7, 11) is 0. The van der Waals surface area contributed by atoms with Gasteiger partial charge in [0.2, 0.25) is 0 Å². The fourth-order valence-electron chi connectivity index (χ4n) is 6.64. The number of benzene rings is 3. The van der Waals surface area contributed by atoms with Crippen molar-refractivity contribution in [1.29, 1.82) is 0 Å². The van der Waals surface area contributed by atoms with E-state index in [-0.39, 0.29) is 5.82 Å². The molecule has 1 aliphatic carbocycles. The molecule has 0 nitrogen and oxygen atoms in total. The molecule has 0 N–H and O–H groups in total. The number of halogens is 1. The van der Waals surface area contributed by atoms with E-state index in [0.29, 0.717) is 10.9 Å². The molecule has 220 valence electrons. The summed E-state index contributed by atoms with van der Waals surface area (Å²) in [5.74, 6) is 7.90. The zero-order valence-corrected chi connectivity index (χ0v) is 26.0. The fraction of sp³-hybridized carbons (Fsp3) is 0.550. The van der Waals surface area contributed by atoms with Crippen molar-refractivity contribution in [3.63, 3.8) is 0 Å². The molecule has 41 heavy (non-hydrogen) atoms. The Labute approximate surface area is 250 Å². The molecular formula is C40H53F. The van der Waals surface area contributed by atoms with Crippen molar-refractivity contribution in [3.8, 4) is 11.8 Å². The second kappa shape index (κ2) is 17.4. The van der Waals surface area contributed by atoms with Crippen LogP contribution in [-0.4, -0.2) is 0 Å². The van der Waals surface area contributed by atoms with Crippen molar-refractivity contribution in [2.45, 2.75) is 129 Å². The molecule has 0 amide bonds. The Hall–Kier alpha value is -2.59. The maximum absolute atomic E-state index is 15.4. The quantitative estimate of drug-likeness (QED) is 0.130. The third kappa shape index (κ3) is 10.3. The van der Waals surface area contributed by atoms with E-state index in [1.807, 2.05) is 18.2 Å². The van der Waals surface area contributed by atoms with E-state index in [1.54, 1.807) is 0 Å². The molecule has 0 heterocycles. The Morgan fingerprint density at radius 2 is 1.24 bits per heavy atom. The van der Waals surface area contributed by atoms with E-state index in [9.17, 15) is 0 Å². The average Bonchev–Trinajstić information content (AvgIpc) is 3.01. The largest absolute Gasteiger partial charge is 0.205 e. The monoisotopic (exact) mass is 552 g/mol. The predicted octanol–water partition coefficient (Wildman–Crippen LogP) is 12.0. The number of aryl methyl sites for hydroxylation is 2. The van der Waals surface area contributed by atoms with Gasteiger partial charge in [-0.1, -0.05) is 152 Å². The molecule has 1 heteroatoms. The maximum Gasteiger partial charge on any atom is 0.146 e. The summed E-state index contributed by atoms with van der Waals surface area (Å²) in [4.78, 5) is 0. The van der Waals surface area contributed by atoms with E-state index in [4.69, 9.17) is 0 Å². The van der Waals surface area contributed by atoms with Crippen LogP contribution in [0.5, 0.6) is 0 Å². The zero-order valence-electron chi connectivity index (χ0n) is 26.0. The fourth-order valence-corrected chi connectivity index (χ4v) is 6.64. The molecule has 0 atom stereocenters. The summed E-state index contributed by atoms with van der Waals surface area (Å²) in [6.07, 6.45) is 24.1. The van der Waals surface area contributed by atoms with Crippen LogP contribution in [0.1, 0.15) is 139 Å². The molecular weight excluding hydrogens is 499 g/mol. The van der Waals surface area contributed by atoms with Crippen LogP contribution in [0.15, 0.2) is 54.6 Å². The SMILES string of the molecule is CCCCCCCc1ccc(C#Cc2ccc3cc(CCC4CCC(CCCCCCC)CC4)ccc3c2F)cc1. The lowest BCUT2D eigenvalue weighted by Gasteiger charge is -2.28. The van der Waals surface area contributed by atoms with Crippen molar-refractivity contribution in [1.82, 2.24) is 0 Å². The Kier molecular flexibility index (Phi) is 13.3. The van der Waals surface area contributed by atoms with Crippen LogP contribution in [0.4, 0.5) is 4.39 Å². The minimum absolute atomic E-state index is 0.196. The average molecular weight is 553 g/mol. The molecule has 1 saturated carbocycles. The molecule has 0 spiro atoms. The highest BCUT2D eigenvalue weighted by atomic mass is 19.1. The third-order valence-corrected chi connectivity index (χ3v) is 9.41. The number of hydrogen-bond acceptors (Lipinski definition) is 0. The van der Waals surface area contributed by atoms with Gasteiger partial charge in [-0.15, -0.1) is 0 Å². The molecule has 0 aromatic heterocycles. The summed E-state index contributed by atoms with van der Waals surface area (Å²) >= 11 is 0. The van der Waals surface area contributed by atoms with Gasteiger partial charge in [0.1, 0.15) is 5.82 Å². The highest BCUT2D eigenvalue weighted by Gasteiger charge is 2.20. The van der Waals surface area contributed by atoms with Crippen LogP contribution in [0.3, 0.4) is 0 Å². The van der Waals surface area contributed by atoms with Crippen LogP contribution in [0, 0.1) is 29.5 Å². The highest BCUT2D eigenvalue weighted by molar-refractivity contribution is 5.85. The van der Waals surface area contributed by atoms with E-state index in [2.05, 4.69) is 62.1 Å². The summed E-state index contributed by atoms with van der Waals surface area (Å²) < 4.78 is 15.4. The standard InChI is InChI=1S/C40H53F/c1-3-5-7-9-11-13-32-15-19-34(20-16-32)23-24-36-26-30-39-38(31-36)29-28-37(40(39)41)27-25-35-21-17-33(18-22-35)14-12-10-8-6-4-2/h17-18,21-22,26,28-32,34H,3-16,19-20,23-24H2,1-2H3. The summed E-state index contributed by atoms with van der Waals surface area (Å²) in [6.45, 7) is 4.55. The first-order valence-electron chi connectivity index (χ1n) is 17.0. The van der Waals surface area contributed by atoms with Gasteiger partial charge in [0.15, 0.2) is 0 Å². The minimum atomic E-state index is -0.196. The van der Waals surface area contributed by atoms with Gasteiger partial charge in [-0.2, -0.15) is 0 Å². The number of fused-ring (bicyclic) bond motifs is 1. The normalized spacial score (nSPS) is 17.0. The topological polar surface area (TPSA) is 0 Å². The second-order valence-corrected chi connectivity index (χ2v) is 12.7. The van der Waals surface area contributed by atoms with E-state index < -0.39 is 0 Å². The molecule has 0 aliphatic heterocycles. The first-order valence-corrected chi connectivity index (χ1v) is 17.0. The van der Waals surface area contributed by atoms with E-state index in [1.165, 1.54) is 114 Å². The lowest BCUT2D eigenvalue weighted by atomic mass is 9.77. The van der Waals surface area contributed by atoms with Gasteiger partial charge in [-0.25, -0.2) is 4.39 Å². The summed E-state index contributed by atoms with van der Waals surface area (Å²) in [5.41, 5.74) is 4.11. The molecule has 0 bridgehead atoms. The summed E-state index contributed by atoms with van der Waals surface area (Å²) in [5, 5.41) is 1.67. The third-order valence-electron chi connectivity index (χ3n) is 9.41. The molecule has 0 saturated heterocycles. The number of hydrogen-bond donors (Lipinski definition) is 0. The Morgan fingerprint density at radius 3 is 1.95 bits per heavy atom. The van der Waals surface area contributed by atoms with E-state index in [0.717, 1.165) is 35.6 Å². The first kappa shape index (κ1) is 31.3. The molecule has 3 aromatic rings. The van der Waals surface area contributed by atoms with Crippen LogP contribution in [0.25, 0.3) is 10.8 Å². The van der Waals surface area contributed by atoms with Crippen molar-refractivity contribution < 1.29 is 4.39 Å². The maximum atomic E-state index is 15.4. The summed E-state index contributed by atoms with van der Waals surface area (Å²) in [6, 6.07) is 18.7. The molecule has 3 aromatic carbocycles. The minimum Gasteiger partial charge on any atom is -0.205 e. The van der Waals surface area contributed by atoms with Crippen LogP contribution >= 0.6 is 0 Å².